The number of amides is 1. The topological polar surface area (TPSA) is 46.3 Å². The van der Waals surface area contributed by atoms with E-state index in [0.717, 1.165) is 24.1 Å². The van der Waals surface area contributed by atoms with Gasteiger partial charge in [0.25, 0.3) is 0 Å². The van der Waals surface area contributed by atoms with Gasteiger partial charge < -0.3 is 10.6 Å². The summed E-state index contributed by atoms with van der Waals surface area (Å²) in [5, 5.41) is 0. The molecule has 0 saturated heterocycles. The largest absolute Gasteiger partial charge is 0.392 e. The standard InChI is InChI=1S/C16H22N2OS/c1-4-18(13-7-5-6-11(2)8-13)15(19)16(14(17)20)9-12(3)10-16/h5-8,12H,4,9-10H2,1-3H3,(H2,17,20). The van der Waals surface area contributed by atoms with E-state index in [1.54, 1.807) is 4.90 Å². The predicted octanol–water partition coefficient (Wildman–Crippen LogP) is 3.05. The van der Waals surface area contributed by atoms with Gasteiger partial charge in [-0.1, -0.05) is 31.3 Å². The fourth-order valence-electron chi connectivity index (χ4n) is 3.11. The summed E-state index contributed by atoms with van der Waals surface area (Å²) in [5.74, 6) is 0.563. The number of anilines is 1. The van der Waals surface area contributed by atoms with Crippen molar-refractivity contribution >= 4 is 28.8 Å². The first-order valence-corrected chi connectivity index (χ1v) is 7.50. The Labute approximate surface area is 126 Å². The minimum absolute atomic E-state index is 0.0520. The van der Waals surface area contributed by atoms with Gasteiger partial charge in [-0.05, 0) is 50.3 Å². The predicted molar refractivity (Wildman–Crippen MR) is 86.8 cm³/mol. The number of nitrogens with zero attached hydrogens (tertiary/aromatic N) is 1. The van der Waals surface area contributed by atoms with E-state index >= 15 is 0 Å². The molecule has 108 valence electrons. The van der Waals surface area contributed by atoms with E-state index in [0.29, 0.717) is 17.5 Å². The molecule has 0 unspecified atom stereocenters. The van der Waals surface area contributed by atoms with Crippen LogP contribution in [0.1, 0.15) is 32.3 Å². The number of carbonyl (C=O) groups is 1. The van der Waals surface area contributed by atoms with Crippen LogP contribution in [0, 0.1) is 18.3 Å². The highest BCUT2D eigenvalue weighted by Gasteiger charge is 2.52. The number of hydrogen-bond acceptors (Lipinski definition) is 2. The molecule has 1 saturated carbocycles. The Morgan fingerprint density at radius 1 is 1.50 bits per heavy atom. The van der Waals surface area contributed by atoms with Gasteiger partial charge in [0.15, 0.2) is 0 Å². The van der Waals surface area contributed by atoms with Crippen LogP contribution in [-0.4, -0.2) is 17.4 Å². The highest BCUT2D eigenvalue weighted by atomic mass is 32.1. The zero-order chi connectivity index (χ0) is 14.9. The Balaban J connectivity index is 2.32. The van der Waals surface area contributed by atoms with E-state index in [4.69, 9.17) is 18.0 Å². The lowest BCUT2D eigenvalue weighted by Crippen LogP contribution is -2.57. The second-order valence-electron chi connectivity index (χ2n) is 5.85. The van der Waals surface area contributed by atoms with Crippen LogP contribution >= 0.6 is 12.2 Å². The van der Waals surface area contributed by atoms with Crippen molar-refractivity contribution in [1.29, 1.82) is 0 Å². The van der Waals surface area contributed by atoms with Crippen LogP contribution in [0.4, 0.5) is 5.69 Å². The fraction of sp³-hybridized carbons (Fsp3) is 0.500. The molecule has 0 spiro atoms. The first-order valence-electron chi connectivity index (χ1n) is 7.09. The lowest BCUT2D eigenvalue weighted by molar-refractivity contribution is -0.130. The highest BCUT2D eigenvalue weighted by molar-refractivity contribution is 7.80. The van der Waals surface area contributed by atoms with E-state index < -0.39 is 5.41 Å². The molecule has 1 fully saturated rings. The average Bonchev–Trinajstić information content (AvgIpc) is 2.35. The summed E-state index contributed by atoms with van der Waals surface area (Å²) in [6.07, 6.45) is 1.53. The number of hydrogen-bond donors (Lipinski definition) is 1. The van der Waals surface area contributed by atoms with Crippen molar-refractivity contribution in [2.24, 2.45) is 17.1 Å². The van der Waals surface area contributed by atoms with Gasteiger partial charge in [0, 0.05) is 12.2 Å². The molecule has 2 N–H and O–H groups in total. The average molecular weight is 290 g/mol. The molecule has 3 nitrogen and oxygen atoms in total. The van der Waals surface area contributed by atoms with E-state index in [2.05, 4.69) is 6.92 Å². The van der Waals surface area contributed by atoms with Gasteiger partial charge >= 0.3 is 0 Å². The second-order valence-corrected chi connectivity index (χ2v) is 6.29. The molecule has 1 aromatic rings. The van der Waals surface area contributed by atoms with Crippen molar-refractivity contribution in [1.82, 2.24) is 0 Å². The number of carbonyl (C=O) groups excluding carboxylic acids is 1. The minimum Gasteiger partial charge on any atom is -0.392 e. The fourth-order valence-corrected chi connectivity index (χ4v) is 3.36. The van der Waals surface area contributed by atoms with Crippen molar-refractivity contribution in [2.75, 3.05) is 11.4 Å². The van der Waals surface area contributed by atoms with Gasteiger partial charge in [0.2, 0.25) is 5.91 Å². The molecule has 20 heavy (non-hydrogen) atoms. The van der Waals surface area contributed by atoms with Gasteiger partial charge in [0.05, 0.1) is 10.4 Å². The van der Waals surface area contributed by atoms with Gasteiger partial charge in [0.1, 0.15) is 0 Å². The van der Waals surface area contributed by atoms with Crippen molar-refractivity contribution in [3.8, 4) is 0 Å². The second kappa shape index (κ2) is 5.52. The Morgan fingerprint density at radius 3 is 2.60 bits per heavy atom. The van der Waals surface area contributed by atoms with E-state index in [-0.39, 0.29) is 5.91 Å². The van der Waals surface area contributed by atoms with Crippen LogP contribution in [0.3, 0.4) is 0 Å². The SMILES string of the molecule is CCN(C(=O)C1(C(N)=S)CC(C)C1)c1cccc(C)c1. The molecule has 0 atom stereocenters. The molecule has 1 aromatic carbocycles. The molecular weight excluding hydrogens is 268 g/mol. The lowest BCUT2D eigenvalue weighted by atomic mass is 9.61. The van der Waals surface area contributed by atoms with Crippen LogP contribution in [0.15, 0.2) is 24.3 Å². The van der Waals surface area contributed by atoms with Gasteiger partial charge in [-0.3, -0.25) is 4.79 Å². The van der Waals surface area contributed by atoms with Crippen molar-refractivity contribution in [3.63, 3.8) is 0 Å². The Bertz CT molecular complexity index is 535. The maximum Gasteiger partial charge on any atom is 0.240 e. The molecule has 0 heterocycles. The highest BCUT2D eigenvalue weighted by Crippen LogP contribution is 2.47. The summed E-state index contributed by atoms with van der Waals surface area (Å²) in [4.78, 5) is 15.1. The number of nitrogens with two attached hydrogens (primary N) is 1. The third kappa shape index (κ3) is 2.44. The smallest absolute Gasteiger partial charge is 0.240 e. The van der Waals surface area contributed by atoms with Gasteiger partial charge in [-0.2, -0.15) is 0 Å². The van der Waals surface area contributed by atoms with Crippen LogP contribution in [0.5, 0.6) is 0 Å². The summed E-state index contributed by atoms with van der Waals surface area (Å²) in [5.41, 5.74) is 7.31. The molecule has 1 amide bonds. The summed E-state index contributed by atoms with van der Waals surface area (Å²) >= 11 is 5.18. The normalized spacial score (nSPS) is 24.9. The van der Waals surface area contributed by atoms with Crippen LogP contribution in [0.25, 0.3) is 0 Å². The lowest BCUT2D eigenvalue weighted by Gasteiger charge is -2.46. The van der Waals surface area contributed by atoms with Crippen molar-refractivity contribution in [2.45, 2.75) is 33.6 Å². The third-order valence-corrected chi connectivity index (χ3v) is 4.54. The molecule has 0 bridgehead atoms. The Hall–Kier alpha value is -1.42. The van der Waals surface area contributed by atoms with E-state index in [9.17, 15) is 4.79 Å². The summed E-state index contributed by atoms with van der Waals surface area (Å²) < 4.78 is 0. The zero-order valence-corrected chi connectivity index (χ0v) is 13.2. The maximum atomic E-state index is 12.9. The number of rotatable bonds is 4. The van der Waals surface area contributed by atoms with Crippen LogP contribution < -0.4 is 10.6 Å². The number of aryl methyl sites for hydroxylation is 1. The van der Waals surface area contributed by atoms with Gasteiger partial charge in [-0.25, -0.2) is 0 Å². The monoisotopic (exact) mass is 290 g/mol. The molecule has 1 aliphatic rings. The number of benzene rings is 1. The molecule has 2 rings (SSSR count). The molecule has 0 radical (unpaired) electrons. The Kier molecular flexibility index (Phi) is 4.14. The van der Waals surface area contributed by atoms with Gasteiger partial charge in [-0.15, -0.1) is 0 Å². The van der Waals surface area contributed by atoms with Crippen molar-refractivity contribution < 1.29 is 4.79 Å². The quantitative estimate of drug-likeness (QED) is 0.867. The molecule has 4 heteroatoms. The van der Waals surface area contributed by atoms with E-state index in [1.165, 1.54) is 0 Å². The van der Waals surface area contributed by atoms with Crippen molar-refractivity contribution in [3.05, 3.63) is 29.8 Å². The minimum atomic E-state index is -0.630. The summed E-state index contributed by atoms with van der Waals surface area (Å²) in [6.45, 7) is 6.76. The molecular formula is C16H22N2OS. The summed E-state index contributed by atoms with van der Waals surface area (Å²) in [6, 6.07) is 7.98. The van der Waals surface area contributed by atoms with Crippen LogP contribution in [-0.2, 0) is 4.79 Å². The van der Waals surface area contributed by atoms with E-state index in [1.807, 2.05) is 38.1 Å². The first-order chi connectivity index (χ1) is 9.40. The zero-order valence-electron chi connectivity index (χ0n) is 12.3. The first kappa shape index (κ1) is 15.0. The third-order valence-electron chi connectivity index (χ3n) is 4.15. The summed E-state index contributed by atoms with van der Waals surface area (Å²) in [7, 11) is 0. The molecule has 1 aliphatic carbocycles. The molecule has 0 aliphatic heterocycles. The Morgan fingerprint density at radius 2 is 2.15 bits per heavy atom. The molecule has 0 aromatic heterocycles. The van der Waals surface area contributed by atoms with Crippen LogP contribution in [0.2, 0.25) is 0 Å². The number of thiocarbonyl (C=S) groups is 1. The maximum absolute atomic E-state index is 12.9.